The fourth-order valence-electron chi connectivity index (χ4n) is 5.21. The molecule has 0 saturated heterocycles. The van der Waals surface area contributed by atoms with Crippen molar-refractivity contribution in [2.75, 3.05) is 31.7 Å². The zero-order valence-corrected chi connectivity index (χ0v) is 33.7. The molecule has 0 saturated carbocycles. The van der Waals surface area contributed by atoms with Gasteiger partial charge in [0.1, 0.15) is 0 Å². The maximum absolute atomic E-state index is 12.6. The summed E-state index contributed by atoms with van der Waals surface area (Å²) in [6.45, 7) is 17.0. The minimum atomic E-state index is -0.521. The highest BCUT2D eigenvalue weighted by atomic mass is 35.5. The van der Waals surface area contributed by atoms with Crippen molar-refractivity contribution in [3.63, 3.8) is 0 Å². The van der Waals surface area contributed by atoms with Crippen LogP contribution in [0.15, 0.2) is 48.5 Å². The Morgan fingerprint density at radius 2 is 1.18 bits per heavy atom. The lowest BCUT2D eigenvalue weighted by molar-refractivity contribution is 0.102. The van der Waals surface area contributed by atoms with Gasteiger partial charge >= 0.3 is 0 Å². The van der Waals surface area contributed by atoms with E-state index >= 15 is 0 Å². The second-order valence-electron chi connectivity index (χ2n) is 12.1. The number of hydrogen-bond donors (Lipinski definition) is 2. The molecule has 12 heteroatoms. The highest BCUT2D eigenvalue weighted by molar-refractivity contribution is 7.15. The second-order valence-corrected chi connectivity index (χ2v) is 14.9. The fraction of sp³-hybridized carbons (Fsp3) is 0.459. The van der Waals surface area contributed by atoms with E-state index in [1.807, 2.05) is 37.3 Å². The molecule has 4 rings (SSSR count). The van der Waals surface area contributed by atoms with Gasteiger partial charge in [0.05, 0.1) is 24.2 Å². The summed E-state index contributed by atoms with van der Waals surface area (Å²) in [7, 11) is 2.99. The van der Waals surface area contributed by atoms with Crippen molar-refractivity contribution >= 4 is 68.4 Å². The molecule has 2 atom stereocenters. The number of ether oxygens (including phenoxy) is 2. The molecule has 49 heavy (non-hydrogen) atoms. The number of hydrogen-bond acceptors (Lipinski definition) is 9. The first-order valence-electron chi connectivity index (χ1n) is 16.0. The summed E-state index contributed by atoms with van der Waals surface area (Å²) in [6, 6.07) is 16.1. The van der Waals surface area contributed by atoms with Crippen LogP contribution in [-0.4, -0.2) is 41.7 Å². The molecular formula is C37H52Cl2N4O4S2. The number of amides is 1. The number of anilines is 2. The van der Waals surface area contributed by atoms with Gasteiger partial charge in [-0.3, -0.25) is 9.59 Å². The molecule has 4 aromatic rings. The van der Waals surface area contributed by atoms with Crippen LogP contribution in [0.5, 0.6) is 11.8 Å². The van der Waals surface area contributed by atoms with Gasteiger partial charge in [-0.15, -0.1) is 34.3 Å². The number of thiazole rings is 2. The quantitative estimate of drug-likeness (QED) is 0.0890. The number of aromatic nitrogens is 2. The van der Waals surface area contributed by atoms with Gasteiger partial charge in [0.15, 0.2) is 9.75 Å². The monoisotopic (exact) mass is 750 g/mol. The van der Waals surface area contributed by atoms with Crippen molar-refractivity contribution in [1.29, 1.82) is 0 Å². The number of methoxy groups -OCH3 is 2. The van der Waals surface area contributed by atoms with Gasteiger partial charge in [-0.25, -0.2) is 9.97 Å². The van der Waals surface area contributed by atoms with Crippen LogP contribution in [0.4, 0.5) is 11.4 Å². The predicted molar refractivity (Wildman–Crippen MR) is 210 cm³/mol. The van der Waals surface area contributed by atoms with Crippen molar-refractivity contribution in [3.8, 4) is 11.8 Å². The van der Waals surface area contributed by atoms with E-state index < -0.39 is 5.24 Å². The second kappa shape index (κ2) is 22.5. The van der Waals surface area contributed by atoms with Crippen LogP contribution in [0.2, 0.25) is 0 Å². The molecular weight excluding hydrogens is 699 g/mol. The number of nitrogens with two attached hydrogens (primary N) is 1. The summed E-state index contributed by atoms with van der Waals surface area (Å²) in [6.07, 6.45) is 3.75. The summed E-state index contributed by atoms with van der Waals surface area (Å²) in [5.41, 5.74) is 10.1. The summed E-state index contributed by atoms with van der Waals surface area (Å²) < 4.78 is 10.0. The maximum atomic E-state index is 12.6. The molecule has 0 fully saturated rings. The number of para-hydroxylation sites is 2. The maximum Gasteiger partial charge on any atom is 0.271 e. The molecule has 2 aromatic carbocycles. The summed E-state index contributed by atoms with van der Waals surface area (Å²) in [4.78, 5) is 32.3. The lowest BCUT2D eigenvalue weighted by atomic mass is 9.91. The average molecular weight is 752 g/mol. The largest absolute Gasteiger partial charge is 0.480 e. The van der Waals surface area contributed by atoms with Gasteiger partial charge in [0.25, 0.3) is 11.1 Å². The zero-order valence-electron chi connectivity index (χ0n) is 30.5. The van der Waals surface area contributed by atoms with Crippen LogP contribution in [0.25, 0.3) is 0 Å². The minimum Gasteiger partial charge on any atom is -0.480 e. The molecule has 0 aliphatic carbocycles. The van der Waals surface area contributed by atoms with Gasteiger partial charge < -0.3 is 20.5 Å². The SMILES string of the molecule is CC(C)CC(C)c1ccccc1N.CCl.COc1nc(C)sc1C(=O)Cl.COc1nc(C)sc1C(=O)Nc1ccccc1C(C)CC(C)C. The molecule has 0 bridgehead atoms. The van der Waals surface area contributed by atoms with Crippen LogP contribution < -0.4 is 20.5 Å². The van der Waals surface area contributed by atoms with Crippen molar-refractivity contribution in [3.05, 3.63) is 79.4 Å². The van der Waals surface area contributed by atoms with Gasteiger partial charge in [0.2, 0.25) is 11.8 Å². The molecule has 270 valence electrons. The molecule has 0 radical (unpaired) electrons. The predicted octanol–water partition coefficient (Wildman–Crippen LogP) is 11.0. The highest BCUT2D eigenvalue weighted by Gasteiger charge is 2.20. The third-order valence-electron chi connectivity index (χ3n) is 7.09. The lowest BCUT2D eigenvalue weighted by Gasteiger charge is -2.18. The van der Waals surface area contributed by atoms with Gasteiger partial charge in [-0.2, -0.15) is 0 Å². The Kier molecular flexibility index (Phi) is 20.1. The van der Waals surface area contributed by atoms with E-state index in [1.54, 1.807) is 6.92 Å². The Hall–Kier alpha value is -3.18. The Morgan fingerprint density at radius 1 is 0.755 bits per heavy atom. The first-order valence-corrected chi connectivity index (χ1v) is 18.8. The average Bonchev–Trinajstić information content (AvgIpc) is 3.64. The topological polar surface area (TPSA) is 116 Å². The van der Waals surface area contributed by atoms with E-state index in [0.29, 0.717) is 39.3 Å². The Balaban J connectivity index is 0.000000391. The third-order valence-corrected chi connectivity index (χ3v) is 9.30. The highest BCUT2D eigenvalue weighted by Crippen LogP contribution is 2.32. The van der Waals surface area contributed by atoms with Crippen LogP contribution >= 0.6 is 45.9 Å². The number of halogens is 2. The summed E-state index contributed by atoms with van der Waals surface area (Å²) in [5.74, 6) is 2.83. The molecule has 2 aromatic heterocycles. The Bertz CT molecular complexity index is 1590. The molecule has 2 unspecified atom stereocenters. The van der Waals surface area contributed by atoms with Crippen LogP contribution in [-0.2, 0) is 0 Å². The smallest absolute Gasteiger partial charge is 0.271 e. The van der Waals surface area contributed by atoms with Crippen LogP contribution in [0.1, 0.15) is 107 Å². The lowest BCUT2D eigenvalue weighted by Crippen LogP contribution is -2.14. The van der Waals surface area contributed by atoms with Crippen LogP contribution in [0.3, 0.4) is 0 Å². The Labute approximate surface area is 310 Å². The van der Waals surface area contributed by atoms with Gasteiger partial charge in [-0.1, -0.05) is 77.9 Å². The number of carbonyl (C=O) groups excluding carboxylic acids is 2. The van der Waals surface area contributed by atoms with E-state index in [9.17, 15) is 9.59 Å². The molecule has 2 heterocycles. The molecule has 0 spiro atoms. The normalized spacial score (nSPS) is 11.6. The summed E-state index contributed by atoms with van der Waals surface area (Å²) >= 11 is 12.5. The molecule has 0 aliphatic rings. The number of benzene rings is 2. The number of nitrogens with one attached hydrogen (secondary N) is 1. The van der Waals surface area contributed by atoms with Gasteiger partial charge in [0, 0.05) is 17.8 Å². The number of alkyl halides is 1. The number of aryl methyl sites for hydroxylation is 2. The van der Waals surface area contributed by atoms with Crippen LogP contribution in [0, 0.1) is 25.7 Å². The minimum absolute atomic E-state index is 0.170. The van der Waals surface area contributed by atoms with Crippen molar-refractivity contribution < 1.29 is 19.1 Å². The van der Waals surface area contributed by atoms with Crippen molar-refractivity contribution in [2.45, 2.75) is 80.1 Å². The molecule has 1 amide bonds. The first-order chi connectivity index (χ1) is 23.2. The van der Waals surface area contributed by atoms with Gasteiger partial charge in [-0.05, 0) is 85.2 Å². The first kappa shape index (κ1) is 43.8. The molecule has 3 N–H and O–H groups in total. The fourth-order valence-corrected chi connectivity index (χ4v) is 6.91. The van der Waals surface area contributed by atoms with E-state index in [0.717, 1.165) is 39.3 Å². The van der Waals surface area contributed by atoms with Crippen molar-refractivity contribution in [1.82, 2.24) is 9.97 Å². The van der Waals surface area contributed by atoms with E-state index in [2.05, 4.69) is 86.6 Å². The molecule has 8 nitrogen and oxygen atoms in total. The number of nitrogen functional groups attached to an aromatic ring is 1. The van der Waals surface area contributed by atoms with E-state index in [4.69, 9.17) is 26.8 Å². The Morgan fingerprint density at radius 3 is 1.63 bits per heavy atom. The number of rotatable bonds is 11. The molecule has 0 aliphatic heterocycles. The van der Waals surface area contributed by atoms with E-state index in [-0.39, 0.29) is 5.91 Å². The van der Waals surface area contributed by atoms with Crippen molar-refractivity contribution in [2.24, 2.45) is 11.8 Å². The summed E-state index contributed by atoms with van der Waals surface area (Å²) in [5, 5.41) is 4.08. The van der Waals surface area contributed by atoms with E-state index in [1.165, 1.54) is 55.3 Å². The number of carbonyl (C=O) groups is 2. The standard InChI is InChI=1S/C18H24N2O2S.C12H19N.C6H6ClNO2S.CH3Cl/c1-11(2)10-12(3)14-8-6-7-9-15(14)20-17(21)16-18(22-5)19-13(4)23-16;1-9(2)8-10(3)11-6-4-5-7-12(11)13;1-3-8-6(10-2)4(11-3)5(7)9;1-2/h6-9,11-12H,10H2,1-5H3,(H,20,21);4-7,9-10H,8,13H2,1-3H3;1-2H3;1H3. The third kappa shape index (κ3) is 14.7. The zero-order chi connectivity index (χ0) is 37.3. The number of nitrogens with zero attached hydrogens (tertiary/aromatic N) is 2.